The van der Waals surface area contributed by atoms with Crippen LogP contribution in [0.4, 0.5) is 0 Å². The largest absolute Gasteiger partial charge is 0.497 e. The Kier molecular flexibility index (Phi) is 3.89. The molecule has 1 heterocycles. The van der Waals surface area contributed by atoms with E-state index in [1.807, 2.05) is 0 Å². The SMILES string of the molecule is COc1cccc(S(=O)(=O)N2CCC[C@@H]2CO)c1. The molecule has 0 bridgehead atoms. The lowest BCUT2D eigenvalue weighted by molar-refractivity contribution is 0.213. The van der Waals surface area contributed by atoms with Crippen LogP contribution in [0.15, 0.2) is 29.2 Å². The molecule has 18 heavy (non-hydrogen) atoms. The van der Waals surface area contributed by atoms with Crippen molar-refractivity contribution in [3.8, 4) is 5.75 Å². The van der Waals surface area contributed by atoms with Gasteiger partial charge in [0.15, 0.2) is 0 Å². The fourth-order valence-electron chi connectivity index (χ4n) is 2.21. The summed E-state index contributed by atoms with van der Waals surface area (Å²) >= 11 is 0. The fraction of sp³-hybridized carbons (Fsp3) is 0.500. The van der Waals surface area contributed by atoms with Crippen LogP contribution in [0.2, 0.25) is 0 Å². The van der Waals surface area contributed by atoms with Crippen molar-refractivity contribution in [1.82, 2.24) is 4.31 Å². The van der Waals surface area contributed by atoms with Gasteiger partial charge in [-0.05, 0) is 25.0 Å². The van der Waals surface area contributed by atoms with Crippen molar-refractivity contribution in [2.75, 3.05) is 20.3 Å². The minimum Gasteiger partial charge on any atom is -0.497 e. The number of ether oxygens (including phenoxy) is 1. The van der Waals surface area contributed by atoms with Gasteiger partial charge in [0.25, 0.3) is 0 Å². The Balaban J connectivity index is 2.35. The molecule has 0 radical (unpaired) electrons. The molecule has 0 aromatic heterocycles. The minimum atomic E-state index is -3.54. The number of aliphatic hydroxyl groups is 1. The quantitative estimate of drug-likeness (QED) is 0.881. The van der Waals surface area contributed by atoms with E-state index in [2.05, 4.69) is 0 Å². The lowest BCUT2D eigenvalue weighted by Gasteiger charge is -2.22. The van der Waals surface area contributed by atoms with Crippen molar-refractivity contribution in [1.29, 1.82) is 0 Å². The zero-order valence-electron chi connectivity index (χ0n) is 10.2. The Morgan fingerprint density at radius 1 is 1.50 bits per heavy atom. The van der Waals surface area contributed by atoms with Gasteiger partial charge in [-0.3, -0.25) is 0 Å². The van der Waals surface area contributed by atoms with Gasteiger partial charge >= 0.3 is 0 Å². The molecule has 1 saturated heterocycles. The second-order valence-electron chi connectivity index (χ2n) is 4.27. The number of sulfonamides is 1. The molecule has 6 heteroatoms. The van der Waals surface area contributed by atoms with Crippen molar-refractivity contribution in [3.63, 3.8) is 0 Å². The zero-order chi connectivity index (χ0) is 13.2. The molecule has 5 nitrogen and oxygen atoms in total. The van der Waals surface area contributed by atoms with Crippen LogP contribution in [-0.4, -0.2) is 44.1 Å². The van der Waals surface area contributed by atoms with Crippen molar-refractivity contribution in [3.05, 3.63) is 24.3 Å². The van der Waals surface area contributed by atoms with Gasteiger partial charge in [-0.15, -0.1) is 0 Å². The molecule has 0 aliphatic carbocycles. The third kappa shape index (κ3) is 2.36. The standard InChI is InChI=1S/C12H17NO4S/c1-17-11-5-2-6-12(8-11)18(15,16)13-7-3-4-10(13)9-14/h2,5-6,8,10,14H,3-4,7,9H2,1H3/t10-/m1/s1. The molecular formula is C12H17NO4S. The summed E-state index contributed by atoms with van der Waals surface area (Å²) in [6.07, 6.45) is 1.49. The van der Waals surface area contributed by atoms with Crippen LogP contribution < -0.4 is 4.74 Å². The van der Waals surface area contributed by atoms with E-state index in [9.17, 15) is 13.5 Å². The van der Waals surface area contributed by atoms with Gasteiger partial charge in [0.1, 0.15) is 5.75 Å². The lowest BCUT2D eigenvalue weighted by atomic mass is 10.2. The topological polar surface area (TPSA) is 66.8 Å². The molecule has 1 N–H and O–H groups in total. The highest BCUT2D eigenvalue weighted by Gasteiger charge is 2.34. The number of benzene rings is 1. The van der Waals surface area contributed by atoms with Crippen molar-refractivity contribution in [2.24, 2.45) is 0 Å². The summed E-state index contributed by atoms with van der Waals surface area (Å²) < 4.78 is 31.3. The first kappa shape index (κ1) is 13.3. The Labute approximate surface area is 107 Å². The van der Waals surface area contributed by atoms with E-state index < -0.39 is 10.0 Å². The molecule has 2 rings (SSSR count). The van der Waals surface area contributed by atoms with E-state index >= 15 is 0 Å². The minimum absolute atomic E-state index is 0.136. The number of hydrogen-bond acceptors (Lipinski definition) is 4. The van der Waals surface area contributed by atoms with E-state index in [1.165, 1.54) is 17.5 Å². The molecule has 1 atom stereocenters. The number of rotatable bonds is 4. The summed E-state index contributed by atoms with van der Waals surface area (Å²) in [6, 6.07) is 6.09. The molecule has 1 aromatic carbocycles. The van der Waals surface area contributed by atoms with Crippen LogP contribution in [-0.2, 0) is 10.0 Å². The van der Waals surface area contributed by atoms with Crippen LogP contribution in [0.5, 0.6) is 5.75 Å². The van der Waals surface area contributed by atoms with Gasteiger partial charge < -0.3 is 9.84 Å². The molecule has 0 unspecified atom stereocenters. The Morgan fingerprint density at radius 2 is 2.28 bits per heavy atom. The average Bonchev–Trinajstić information content (AvgIpc) is 2.88. The molecule has 1 fully saturated rings. The Hall–Kier alpha value is -1.11. The van der Waals surface area contributed by atoms with Crippen LogP contribution in [0.3, 0.4) is 0 Å². The highest BCUT2D eigenvalue weighted by molar-refractivity contribution is 7.89. The van der Waals surface area contributed by atoms with E-state index in [0.29, 0.717) is 18.7 Å². The first-order chi connectivity index (χ1) is 8.59. The zero-order valence-corrected chi connectivity index (χ0v) is 11.1. The van der Waals surface area contributed by atoms with E-state index in [0.717, 1.165) is 6.42 Å². The molecule has 0 amide bonds. The van der Waals surface area contributed by atoms with Crippen molar-refractivity contribution >= 4 is 10.0 Å². The van der Waals surface area contributed by atoms with E-state index in [-0.39, 0.29) is 17.5 Å². The maximum Gasteiger partial charge on any atom is 0.243 e. The molecule has 0 spiro atoms. The van der Waals surface area contributed by atoms with Crippen LogP contribution in [0, 0.1) is 0 Å². The van der Waals surface area contributed by atoms with Gasteiger partial charge in [0.2, 0.25) is 10.0 Å². The Morgan fingerprint density at radius 3 is 2.94 bits per heavy atom. The van der Waals surface area contributed by atoms with E-state index in [4.69, 9.17) is 4.74 Å². The fourth-order valence-corrected chi connectivity index (χ4v) is 3.93. The summed E-state index contributed by atoms with van der Waals surface area (Å²) in [5.41, 5.74) is 0. The summed E-state index contributed by atoms with van der Waals surface area (Å²) in [4.78, 5) is 0.210. The van der Waals surface area contributed by atoms with Gasteiger partial charge in [0, 0.05) is 18.7 Å². The number of hydrogen-bond donors (Lipinski definition) is 1. The van der Waals surface area contributed by atoms with Gasteiger partial charge in [-0.25, -0.2) is 8.42 Å². The summed E-state index contributed by atoms with van der Waals surface area (Å²) in [5.74, 6) is 0.510. The summed E-state index contributed by atoms with van der Waals surface area (Å²) in [5, 5.41) is 9.22. The monoisotopic (exact) mass is 271 g/mol. The predicted octanol–water partition coefficient (Wildman–Crippen LogP) is 0.841. The molecule has 1 aromatic rings. The maximum atomic E-state index is 12.4. The van der Waals surface area contributed by atoms with Gasteiger partial charge in [-0.1, -0.05) is 6.07 Å². The molecule has 1 aliphatic rings. The molecule has 1 aliphatic heterocycles. The normalized spacial score (nSPS) is 21.1. The third-order valence-electron chi connectivity index (χ3n) is 3.18. The molecule has 0 saturated carbocycles. The lowest BCUT2D eigenvalue weighted by Crippen LogP contribution is -2.37. The number of methoxy groups -OCH3 is 1. The summed E-state index contributed by atoms with van der Waals surface area (Å²) in [6.45, 7) is 0.327. The van der Waals surface area contributed by atoms with Crippen LogP contribution >= 0.6 is 0 Å². The van der Waals surface area contributed by atoms with Crippen LogP contribution in [0.25, 0.3) is 0 Å². The predicted molar refractivity (Wildman–Crippen MR) is 67.0 cm³/mol. The maximum absolute atomic E-state index is 12.4. The van der Waals surface area contributed by atoms with Gasteiger partial charge in [0.05, 0.1) is 18.6 Å². The average molecular weight is 271 g/mol. The highest BCUT2D eigenvalue weighted by atomic mass is 32.2. The second kappa shape index (κ2) is 5.26. The molecular weight excluding hydrogens is 254 g/mol. The number of nitrogens with zero attached hydrogens (tertiary/aromatic N) is 1. The first-order valence-electron chi connectivity index (χ1n) is 5.86. The summed E-state index contributed by atoms with van der Waals surface area (Å²) in [7, 11) is -2.04. The van der Waals surface area contributed by atoms with Crippen molar-refractivity contribution in [2.45, 2.75) is 23.8 Å². The third-order valence-corrected chi connectivity index (χ3v) is 5.13. The Bertz CT molecular complexity index is 515. The van der Waals surface area contributed by atoms with Gasteiger partial charge in [-0.2, -0.15) is 4.31 Å². The van der Waals surface area contributed by atoms with Crippen LogP contribution in [0.1, 0.15) is 12.8 Å². The number of aliphatic hydroxyl groups excluding tert-OH is 1. The van der Waals surface area contributed by atoms with Crippen molar-refractivity contribution < 1.29 is 18.3 Å². The second-order valence-corrected chi connectivity index (χ2v) is 6.16. The molecule has 100 valence electrons. The highest BCUT2D eigenvalue weighted by Crippen LogP contribution is 2.27. The first-order valence-corrected chi connectivity index (χ1v) is 7.30. The smallest absolute Gasteiger partial charge is 0.243 e. The van der Waals surface area contributed by atoms with E-state index in [1.54, 1.807) is 18.2 Å².